The van der Waals surface area contributed by atoms with Gasteiger partial charge in [0.15, 0.2) is 0 Å². The lowest BCUT2D eigenvalue weighted by Crippen LogP contribution is -2.43. The second-order valence-electron chi connectivity index (χ2n) is 7.27. The third kappa shape index (κ3) is 3.41. The highest BCUT2D eigenvalue weighted by atomic mass is 19.1. The lowest BCUT2D eigenvalue weighted by atomic mass is 9.83. The first-order valence-electron chi connectivity index (χ1n) is 8.93. The predicted octanol–water partition coefficient (Wildman–Crippen LogP) is 3.61. The topological polar surface area (TPSA) is 58.1 Å². The van der Waals surface area contributed by atoms with E-state index < -0.39 is 5.41 Å². The minimum absolute atomic E-state index is 0.00660. The van der Waals surface area contributed by atoms with Crippen molar-refractivity contribution in [2.24, 2.45) is 0 Å². The molecule has 0 bridgehead atoms. The monoisotopic (exact) mass is 356 g/mol. The number of nitrogens with one attached hydrogen (secondary N) is 1. The first-order valence-corrected chi connectivity index (χ1v) is 8.93. The van der Waals surface area contributed by atoms with E-state index in [-0.39, 0.29) is 17.8 Å². The Morgan fingerprint density at radius 2 is 2.08 bits per heavy atom. The lowest BCUT2D eigenvalue weighted by Gasteiger charge is -2.33. The Morgan fingerprint density at radius 3 is 2.77 bits per heavy atom. The van der Waals surface area contributed by atoms with Crippen LogP contribution in [-0.2, 0) is 10.2 Å². The maximum atomic E-state index is 13.7. The maximum absolute atomic E-state index is 13.7. The summed E-state index contributed by atoms with van der Waals surface area (Å²) in [4.78, 5) is 24.1. The fourth-order valence-electron chi connectivity index (χ4n) is 3.57. The highest BCUT2D eigenvalue weighted by Gasteiger charge is 2.40. The molecular formula is C20H25FN4O. The maximum Gasteiger partial charge on any atom is 0.233 e. The fraction of sp³-hybridized carbons (Fsp3) is 0.450. The molecule has 1 amide bonds. The van der Waals surface area contributed by atoms with E-state index in [9.17, 15) is 9.18 Å². The van der Waals surface area contributed by atoms with Crippen molar-refractivity contribution < 1.29 is 9.18 Å². The Balaban J connectivity index is 1.92. The highest BCUT2D eigenvalue weighted by Crippen LogP contribution is 2.36. The Kier molecular flexibility index (Phi) is 4.94. The number of hydrogen-bond acceptors (Lipinski definition) is 4. The average Bonchev–Trinajstić information content (AvgIpc) is 3.10. The molecule has 0 spiro atoms. The summed E-state index contributed by atoms with van der Waals surface area (Å²) in [5.74, 6) is 1.09. The van der Waals surface area contributed by atoms with Crippen LogP contribution in [0, 0.1) is 12.7 Å². The van der Waals surface area contributed by atoms with Crippen LogP contribution in [0.4, 0.5) is 10.2 Å². The quantitative estimate of drug-likeness (QED) is 0.909. The van der Waals surface area contributed by atoms with Crippen molar-refractivity contribution >= 4 is 11.7 Å². The smallest absolute Gasteiger partial charge is 0.233 e. The number of nitrogens with zero attached hydrogens (tertiary/aromatic N) is 3. The van der Waals surface area contributed by atoms with E-state index >= 15 is 0 Å². The average molecular weight is 356 g/mol. The normalized spacial score (nSPS) is 17.4. The highest BCUT2D eigenvalue weighted by molar-refractivity contribution is 5.88. The van der Waals surface area contributed by atoms with Crippen molar-refractivity contribution in [2.45, 2.75) is 45.1 Å². The molecule has 2 heterocycles. The standard InChI is InChI=1S/C20H25FN4O/c1-13-23-16(12-18(22-4)24-13)17-9-6-10-25(17)19(26)20(2,3)14-7-5-8-15(21)11-14/h5,7-8,11-12,17H,6,9-10H2,1-4H3,(H,22,23,24)/t17-/m1/s1. The van der Waals surface area contributed by atoms with Crippen LogP contribution >= 0.6 is 0 Å². The molecule has 0 aliphatic carbocycles. The number of aryl methyl sites for hydroxylation is 1. The zero-order valence-corrected chi connectivity index (χ0v) is 15.7. The van der Waals surface area contributed by atoms with E-state index in [0.29, 0.717) is 17.9 Å². The Labute approximate surface area is 153 Å². The van der Waals surface area contributed by atoms with Gasteiger partial charge in [0.2, 0.25) is 5.91 Å². The van der Waals surface area contributed by atoms with Gasteiger partial charge in [-0.05, 0) is 51.3 Å². The summed E-state index contributed by atoms with van der Waals surface area (Å²) in [7, 11) is 1.82. The predicted molar refractivity (Wildman–Crippen MR) is 99.4 cm³/mol. The van der Waals surface area contributed by atoms with Gasteiger partial charge in [0, 0.05) is 19.7 Å². The number of amides is 1. The number of anilines is 1. The van der Waals surface area contributed by atoms with E-state index in [4.69, 9.17) is 0 Å². The number of carbonyl (C=O) groups is 1. The van der Waals surface area contributed by atoms with Gasteiger partial charge in [-0.2, -0.15) is 0 Å². The van der Waals surface area contributed by atoms with Crippen LogP contribution in [0.3, 0.4) is 0 Å². The Bertz CT molecular complexity index is 821. The van der Waals surface area contributed by atoms with Gasteiger partial charge in [-0.15, -0.1) is 0 Å². The van der Waals surface area contributed by atoms with Gasteiger partial charge in [0.1, 0.15) is 17.5 Å². The molecule has 2 aromatic rings. The molecular weight excluding hydrogens is 331 g/mol. The molecule has 1 atom stereocenters. The zero-order chi connectivity index (χ0) is 18.9. The minimum Gasteiger partial charge on any atom is -0.373 e. The fourth-order valence-corrected chi connectivity index (χ4v) is 3.57. The van der Waals surface area contributed by atoms with Crippen LogP contribution in [0.15, 0.2) is 30.3 Å². The van der Waals surface area contributed by atoms with Crippen molar-refractivity contribution in [3.05, 3.63) is 53.2 Å². The van der Waals surface area contributed by atoms with Gasteiger partial charge in [-0.25, -0.2) is 14.4 Å². The van der Waals surface area contributed by atoms with Gasteiger partial charge in [0.25, 0.3) is 0 Å². The minimum atomic E-state index is -0.807. The third-order valence-corrected chi connectivity index (χ3v) is 5.05. The first-order chi connectivity index (χ1) is 12.3. The first kappa shape index (κ1) is 18.3. The van der Waals surface area contributed by atoms with Crippen LogP contribution in [0.1, 0.15) is 49.8 Å². The molecule has 0 unspecified atom stereocenters. The molecule has 1 N–H and O–H groups in total. The summed E-state index contributed by atoms with van der Waals surface area (Å²) in [5, 5.41) is 3.04. The van der Waals surface area contributed by atoms with Crippen molar-refractivity contribution in [3.63, 3.8) is 0 Å². The molecule has 1 saturated heterocycles. The summed E-state index contributed by atoms with van der Waals surface area (Å²) in [6.45, 7) is 6.23. The van der Waals surface area contributed by atoms with Crippen LogP contribution in [0.25, 0.3) is 0 Å². The Morgan fingerprint density at radius 1 is 1.31 bits per heavy atom. The number of rotatable bonds is 4. The van der Waals surface area contributed by atoms with Gasteiger partial charge < -0.3 is 10.2 Å². The van der Waals surface area contributed by atoms with Crippen LogP contribution in [0.2, 0.25) is 0 Å². The summed E-state index contributed by atoms with van der Waals surface area (Å²) in [5.41, 5.74) is 0.726. The van der Waals surface area contributed by atoms with Gasteiger partial charge in [-0.1, -0.05) is 12.1 Å². The largest absolute Gasteiger partial charge is 0.373 e. The summed E-state index contributed by atoms with van der Waals surface area (Å²) in [6, 6.07) is 8.11. The van der Waals surface area contributed by atoms with Gasteiger partial charge in [-0.3, -0.25) is 4.79 Å². The molecule has 5 nitrogen and oxygen atoms in total. The van der Waals surface area contributed by atoms with E-state index in [0.717, 1.165) is 24.4 Å². The summed E-state index contributed by atoms with van der Waals surface area (Å²) >= 11 is 0. The molecule has 26 heavy (non-hydrogen) atoms. The number of hydrogen-bond donors (Lipinski definition) is 1. The van der Waals surface area contributed by atoms with Gasteiger partial charge >= 0.3 is 0 Å². The van der Waals surface area contributed by atoms with Crippen LogP contribution < -0.4 is 5.32 Å². The SMILES string of the molecule is CNc1cc([C@H]2CCCN2C(=O)C(C)(C)c2cccc(F)c2)nc(C)n1. The summed E-state index contributed by atoms with van der Waals surface area (Å²) in [6.07, 6.45) is 1.79. The molecule has 0 radical (unpaired) electrons. The molecule has 0 saturated carbocycles. The third-order valence-electron chi connectivity index (χ3n) is 5.05. The molecule has 1 fully saturated rings. The second-order valence-corrected chi connectivity index (χ2v) is 7.27. The van der Waals surface area contributed by atoms with E-state index in [1.54, 1.807) is 12.1 Å². The number of likely N-dealkylation sites (tertiary alicyclic amines) is 1. The second kappa shape index (κ2) is 7.02. The zero-order valence-electron chi connectivity index (χ0n) is 15.7. The summed E-state index contributed by atoms with van der Waals surface area (Å²) < 4.78 is 13.7. The van der Waals surface area contributed by atoms with Crippen LogP contribution in [0.5, 0.6) is 0 Å². The number of carbonyl (C=O) groups excluding carboxylic acids is 1. The number of benzene rings is 1. The van der Waals surface area contributed by atoms with E-state index in [1.807, 2.05) is 38.8 Å². The van der Waals surface area contributed by atoms with Crippen LogP contribution in [-0.4, -0.2) is 34.4 Å². The van der Waals surface area contributed by atoms with Crippen molar-refractivity contribution in [1.29, 1.82) is 0 Å². The van der Waals surface area contributed by atoms with Gasteiger partial charge in [0.05, 0.1) is 17.2 Å². The van der Waals surface area contributed by atoms with Crippen molar-refractivity contribution in [1.82, 2.24) is 14.9 Å². The lowest BCUT2D eigenvalue weighted by molar-refractivity contribution is -0.137. The number of halogens is 1. The molecule has 1 aromatic carbocycles. The van der Waals surface area contributed by atoms with Crippen molar-refractivity contribution in [3.8, 4) is 0 Å². The molecule has 1 aromatic heterocycles. The van der Waals surface area contributed by atoms with E-state index in [1.165, 1.54) is 12.1 Å². The van der Waals surface area contributed by atoms with E-state index in [2.05, 4.69) is 15.3 Å². The Hall–Kier alpha value is -2.50. The molecule has 1 aliphatic heterocycles. The van der Waals surface area contributed by atoms with Crippen molar-refractivity contribution in [2.75, 3.05) is 18.9 Å². The molecule has 6 heteroatoms. The molecule has 138 valence electrons. The number of aromatic nitrogens is 2. The molecule has 3 rings (SSSR count). The molecule has 1 aliphatic rings.